The monoisotopic (exact) mass is 184 g/mol. The molecular weight excluding hydrogens is 164 g/mol. The standard InChI is InChI=1S/C10H20N2O/c1-7(2)8(11)9(13)12-10(3)5-4-6-10/h7-8H,4-6,11H2,1-3H3,(H,12,13)/t8-/m1/s1. The smallest absolute Gasteiger partial charge is 0.237 e. The van der Waals surface area contributed by atoms with Gasteiger partial charge in [-0.2, -0.15) is 0 Å². The predicted octanol–water partition coefficient (Wildman–Crippen LogP) is 1.03. The van der Waals surface area contributed by atoms with E-state index in [0.717, 1.165) is 12.8 Å². The average Bonchev–Trinajstić information content (AvgIpc) is 1.99. The summed E-state index contributed by atoms with van der Waals surface area (Å²) >= 11 is 0. The van der Waals surface area contributed by atoms with Gasteiger partial charge in [-0.3, -0.25) is 4.79 Å². The number of nitrogens with one attached hydrogen (secondary N) is 1. The molecule has 0 radical (unpaired) electrons. The van der Waals surface area contributed by atoms with Crippen molar-refractivity contribution in [3.63, 3.8) is 0 Å². The van der Waals surface area contributed by atoms with Crippen molar-refractivity contribution in [3.8, 4) is 0 Å². The van der Waals surface area contributed by atoms with Crippen LogP contribution in [0.25, 0.3) is 0 Å². The van der Waals surface area contributed by atoms with Gasteiger partial charge in [-0.25, -0.2) is 0 Å². The Labute approximate surface area is 80.1 Å². The number of hydrogen-bond donors (Lipinski definition) is 2. The summed E-state index contributed by atoms with van der Waals surface area (Å²) in [6.07, 6.45) is 3.39. The first-order valence-corrected chi connectivity index (χ1v) is 5.02. The van der Waals surface area contributed by atoms with Gasteiger partial charge in [-0.15, -0.1) is 0 Å². The Morgan fingerprint density at radius 3 is 2.31 bits per heavy atom. The van der Waals surface area contributed by atoms with Crippen molar-refractivity contribution in [2.45, 2.75) is 51.6 Å². The van der Waals surface area contributed by atoms with Crippen LogP contribution in [-0.4, -0.2) is 17.5 Å². The van der Waals surface area contributed by atoms with Crippen LogP contribution in [0, 0.1) is 5.92 Å². The second-order valence-corrected chi connectivity index (χ2v) is 4.67. The number of nitrogens with two attached hydrogens (primary N) is 1. The highest BCUT2D eigenvalue weighted by molar-refractivity contribution is 5.82. The zero-order valence-electron chi connectivity index (χ0n) is 8.76. The van der Waals surface area contributed by atoms with Gasteiger partial charge in [0, 0.05) is 5.54 Å². The molecule has 1 aliphatic rings. The van der Waals surface area contributed by atoms with Gasteiger partial charge in [0.2, 0.25) is 5.91 Å². The summed E-state index contributed by atoms with van der Waals surface area (Å²) in [5, 5.41) is 3.01. The van der Waals surface area contributed by atoms with E-state index in [9.17, 15) is 4.79 Å². The number of carbonyl (C=O) groups excluding carboxylic acids is 1. The molecule has 0 aliphatic heterocycles. The molecule has 0 bridgehead atoms. The van der Waals surface area contributed by atoms with E-state index in [-0.39, 0.29) is 23.4 Å². The van der Waals surface area contributed by atoms with Crippen LogP contribution < -0.4 is 11.1 Å². The molecule has 1 aliphatic carbocycles. The third-order valence-electron chi connectivity index (χ3n) is 2.90. The van der Waals surface area contributed by atoms with Crippen molar-refractivity contribution in [1.29, 1.82) is 0 Å². The highest BCUT2D eigenvalue weighted by Crippen LogP contribution is 2.30. The first kappa shape index (κ1) is 10.5. The van der Waals surface area contributed by atoms with Gasteiger partial charge in [0.05, 0.1) is 6.04 Å². The van der Waals surface area contributed by atoms with E-state index < -0.39 is 0 Å². The minimum absolute atomic E-state index is 0.00259. The highest BCUT2D eigenvalue weighted by Gasteiger charge is 2.34. The molecule has 3 heteroatoms. The lowest BCUT2D eigenvalue weighted by molar-refractivity contribution is -0.126. The Kier molecular flexibility index (Phi) is 2.96. The number of carbonyl (C=O) groups is 1. The fourth-order valence-electron chi connectivity index (χ4n) is 1.52. The molecule has 0 aromatic heterocycles. The summed E-state index contributed by atoms with van der Waals surface area (Å²) < 4.78 is 0. The van der Waals surface area contributed by atoms with Crippen LogP contribution in [-0.2, 0) is 4.79 Å². The fraction of sp³-hybridized carbons (Fsp3) is 0.900. The molecule has 0 spiro atoms. The molecule has 1 amide bonds. The second-order valence-electron chi connectivity index (χ2n) is 4.67. The van der Waals surface area contributed by atoms with Crippen LogP contribution in [0.5, 0.6) is 0 Å². The first-order valence-electron chi connectivity index (χ1n) is 5.02. The number of hydrogen-bond acceptors (Lipinski definition) is 2. The van der Waals surface area contributed by atoms with Crippen molar-refractivity contribution in [1.82, 2.24) is 5.32 Å². The summed E-state index contributed by atoms with van der Waals surface area (Å²) in [7, 11) is 0. The quantitative estimate of drug-likeness (QED) is 0.688. The first-order chi connectivity index (χ1) is 5.94. The number of amides is 1. The van der Waals surface area contributed by atoms with E-state index in [1.165, 1.54) is 6.42 Å². The minimum atomic E-state index is -0.363. The van der Waals surface area contributed by atoms with E-state index in [2.05, 4.69) is 12.2 Å². The van der Waals surface area contributed by atoms with Gasteiger partial charge in [-0.1, -0.05) is 13.8 Å². The normalized spacial score (nSPS) is 22.2. The van der Waals surface area contributed by atoms with Gasteiger partial charge < -0.3 is 11.1 Å². The highest BCUT2D eigenvalue weighted by atomic mass is 16.2. The molecule has 1 fully saturated rings. The molecule has 0 aromatic carbocycles. The van der Waals surface area contributed by atoms with Gasteiger partial charge in [-0.05, 0) is 32.1 Å². The van der Waals surface area contributed by atoms with Crippen molar-refractivity contribution < 1.29 is 4.79 Å². The molecule has 0 unspecified atom stereocenters. The van der Waals surface area contributed by atoms with Gasteiger partial charge >= 0.3 is 0 Å². The lowest BCUT2D eigenvalue weighted by Crippen LogP contribution is -2.56. The maximum atomic E-state index is 11.6. The summed E-state index contributed by atoms with van der Waals surface area (Å²) in [6.45, 7) is 6.02. The van der Waals surface area contributed by atoms with Gasteiger partial charge in [0.1, 0.15) is 0 Å². The molecule has 0 aromatic rings. The van der Waals surface area contributed by atoms with Crippen molar-refractivity contribution >= 4 is 5.91 Å². The Balaban J connectivity index is 2.40. The molecular formula is C10H20N2O. The van der Waals surface area contributed by atoms with E-state index in [1.54, 1.807) is 0 Å². The lowest BCUT2D eigenvalue weighted by Gasteiger charge is -2.40. The van der Waals surface area contributed by atoms with Crippen LogP contribution in [0.3, 0.4) is 0 Å². The maximum Gasteiger partial charge on any atom is 0.237 e. The molecule has 3 nitrogen and oxygen atoms in total. The zero-order chi connectivity index (χ0) is 10.1. The Morgan fingerprint density at radius 2 is 2.00 bits per heavy atom. The lowest BCUT2D eigenvalue weighted by atomic mass is 9.78. The zero-order valence-corrected chi connectivity index (χ0v) is 8.76. The fourth-order valence-corrected chi connectivity index (χ4v) is 1.52. The molecule has 1 atom stereocenters. The topological polar surface area (TPSA) is 55.1 Å². The molecule has 1 saturated carbocycles. The Morgan fingerprint density at radius 1 is 1.46 bits per heavy atom. The summed E-state index contributed by atoms with van der Waals surface area (Å²) in [4.78, 5) is 11.6. The second kappa shape index (κ2) is 3.66. The largest absolute Gasteiger partial charge is 0.350 e. The van der Waals surface area contributed by atoms with E-state index in [1.807, 2.05) is 13.8 Å². The minimum Gasteiger partial charge on any atom is -0.350 e. The maximum absolute atomic E-state index is 11.6. The van der Waals surface area contributed by atoms with Crippen molar-refractivity contribution in [2.24, 2.45) is 11.7 Å². The van der Waals surface area contributed by atoms with Crippen molar-refractivity contribution in [3.05, 3.63) is 0 Å². The van der Waals surface area contributed by atoms with E-state index in [0.29, 0.717) is 0 Å². The third kappa shape index (κ3) is 2.44. The molecule has 13 heavy (non-hydrogen) atoms. The molecule has 76 valence electrons. The van der Waals surface area contributed by atoms with E-state index in [4.69, 9.17) is 5.73 Å². The average molecular weight is 184 g/mol. The SMILES string of the molecule is CC(C)[C@@H](N)C(=O)NC1(C)CCC1. The molecule has 3 N–H and O–H groups in total. The van der Waals surface area contributed by atoms with Gasteiger partial charge in [0.15, 0.2) is 0 Å². The van der Waals surface area contributed by atoms with Crippen LogP contribution in [0.15, 0.2) is 0 Å². The van der Waals surface area contributed by atoms with Crippen LogP contribution in [0.4, 0.5) is 0 Å². The Hall–Kier alpha value is -0.570. The van der Waals surface area contributed by atoms with Gasteiger partial charge in [0.25, 0.3) is 0 Å². The van der Waals surface area contributed by atoms with E-state index >= 15 is 0 Å². The molecule has 0 saturated heterocycles. The molecule has 0 heterocycles. The molecule has 1 rings (SSSR count). The number of rotatable bonds is 3. The Bertz CT molecular complexity index is 197. The van der Waals surface area contributed by atoms with Crippen LogP contribution in [0.2, 0.25) is 0 Å². The third-order valence-corrected chi connectivity index (χ3v) is 2.90. The van der Waals surface area contributed by atoms with Crippen LogP contribution in [0.1, 0.15) is 40.0 Å². The van der Waals surface area contributed by atoms with Crippen LogP contribution >= 0.6 is 0 Å². The summed E-state index contributed by atoms with van der Waals surface area (Å²) in [5.74, 6) is 0.209. The summed E-state index contributed by atoms with van der Waals surface area (Å²) in [5.41, 5.74) is 5.77. The summed E-state index contributed by atoms with van der Waals surface area (Å²) in [6, 6.07) is -0.363. The predicted molar refractivity (Wildman–Crippen MR) is 53.2 cm³/mol. The van der Waals surface area contributed by atoms with Crippen molar-refractivity contribution in [2.75, 3.05) is 0 Å².